The molecular formula is C14H26O2S. The molecule has 0 radical (unpaired) electrons. The summed E-state index contributed by atoms with van der Waals surface area (Å²) in [4.78, 5) is 0. The molecule has 3 heteroatoms. The molecule has 0 aromatic carbocycles. The van der Waals surface area contributed by atoms with Gasteiger partial charge in [-0.1, -0.05) is 20.8 Å². The zero-order valence-corrected chi connectivity index (χ0v) is 12.2. The Morgan fingerprint density at radius 1 is 1.47 bits per heavy atom. The number of hydrogen-bond donors (Lipinski definition) is 1. The van der Waals surface area contributed by atoms with E-state index in [2.05, 4.69) is 20.8 Å². The summed E-state index contributed by atoms with van der Waals surface area (Å²) in [5.74, 6) is 2.80. The van der Waals surface area contributed by atoms with Crippen LogP contribution < -0.4 is 0 Å². The average Bonchev–Trinajstić information content (AvgIpc) is 2.64. The first-order valence-electron chi connectivity index (χ1n) is 6.80. The van der Waals surface area contributed by atoms with Gasteiger partial charge in [0.25, 0.3) is 0 Å². The van der Waals surface area contributed by atoms with Crippen LogP contribution in [0.15, 0.2) is 0 Å². The fourth-order valence-electron chi connectivity index (χ4n) is 3.05. The molecule has 2 saturated heterocycles. The van der Waals surface area contributed by atoms with Gasteiger partial charge in [0.05, 0.1) is 11.7 Å². The van der Waals surface area contributed by atoms with E-state index in [0.717, 1.165) is 31.6 Å². The lowest BCUT2D eigenvalue weighted by atomic mass is 9.77. The van der Waals surface area contributed by atoms with Crippen LogP contribution in [0.5, 0.6) is 0 Å². The SMILES string of the molecule is CC(C)(C)CC(O)C1CCOC2(CCSC2)C1. The largest absolute Gasteiger partial charge is 0.393 e. The van der Waals surface area contributed by atoms with Gasteiger partial charge in [-0.25, -0.2) is 0 Å². The molecule has 2 aliphatic rings. The van der Waals surface area contributed by atoms with Gasteiger partial charge >= 0.3 is 0 Å². The number of rotatable bonds is 2. The van der Waals surface area contributed by atoms with Crippen LogP contribution in [0.4, 0.5) is 0 Å². The topological polar surface area (TPSA) is 29.5 Å². The Labute approximate surface area is 110 Å². The van der Waals surface area contributed by atoms with Crippen LogP contribution >= 0.6 is 11.8 Å². The number of hydrogen-bond acceptors (Lipinski definition) is 3. The zero-order valence-electron chi connectivity index (χ0n) is 11.4. The van der Waals surface area contributed by atoms with Gasteiger partial charge in [0.1, 0.15) is 0 Å². The molecule has 1 N–H and O–H groups in total. The van der Waals surface area contributed by atoms with E-state index in [9.17, 15) is 5.11 Å². The molecule has 0 saturated carbocycles. The summed E-state index contributed by atoms with van der Waals surface area (Å²) >= 11 is 2.00. The monoisotopic (exact) mass is 258 g/mol. The lowest BCUT2D eigenvalue weighted by molar-refractivity contribution is -0.105. The van der Waals surface area contributed by atoms with Crippen molar-refractivity contribution in [1.82, 2.24) is 0 Å². The number of aliphatic hydroxyl groups excluding tert-OH is 1. The summed E-state index contributed by atoms with van der Waals surface area (Å²) in [6.07, 6.45) is 4.03. The molecule has 2 heterocycles. The summed E-state index contributed by atoms with van der Waals surface area (Å²) < 4.78 is 6.00. The maximum Gasteiger partial charge on any atom is 0.0783 e. The predicted octanol–water partition coefficient (Wildman–Crippen LogP) is 3.09. The highest BCUT2D eigenvalue weighted by atomic mass is 32.2. The molecule has 0 amide bonds. The molecule has 0 aliphatic carbocycles. The molecule has 0 bridgehead atoms. The Kier molecular flexibility index (Phi) is 4.11. The molecule has 2 fully saturated rings. The quantitative estimate of drug-likeness (QED) is 0.825. The average molecular weight is 258 g/mol. The first-order valence-corrected chi connectivity index (χ1v) is 7.96. The normalized spacial score (nSPS) is 36.4. The molecular weight excluding hydrogens is 232 g/mol. The van der Waals surface area contributed by atoms with Crippen LogP contribution in [-0.2, 0) is 4.74 Å². The van der Waals surface area contributed by atoms with E-state index in [1.165, 1.54) is 12.2 Å². The number of aliphatic hydroxyl groups is 1. The Morgan fingerprint density at radius 3 is 2.82 bits per heavy atom. The molecule has 17 heavy (non-hydrogen) atoms. The van der Waals surface area contributed by atoms with E-state index < -0.39 is 0 Å². The van der Waals surface area contributed by atoms with Crippen LogP contribution in [0.25, 0.3) is 0 Å². The van der Waals surface area contributed by atoms with Gasteiger partial charge in [-0.05, 0) is 42.8 Å². The molecule has 2 aliphatic heterocycles. The van der Waals surface area contributed by atoms with E-state index in [1.54, 1.807) is 0 Å². The lowest BCUT2D eigenvalue weighted by Crippen LogP contribution is -2.43. The smallest absolute Gasteiger partial charge is 0.0783 e. The standard InChI is InChI=1S/C14H26O2S/c1-13(2,3)9-12(15)11-4-6-16-14(8-11)5-7-17-10-14/h11-12,15H,4-10H2,1-3H3. The van der Waals surface area contributed by atoms with Crippen molar-refractivity contribution in [2.75, 3.05) is 18.1 Å². The van der Waals surface area contributed by atoms with E-state index in [1.807, 2.05) is 11.8 Å². The van der Waals surface area contributed by atoms with Gasteiger partial charge < -0.3 is 9.84 Å². The van der Waals surface area contributed by atoms with E-state index >= 15 is 0 Å². The van der Waals surface area contributed by atoms with Crippen molar-refractivity contribution in [3.8, 4) is 0 Å². The molecule has 0 aromatic heterocycles. The summed E-state index contributed by atoms with van der Waals surface area (Å²) in [6, 6.07) is 0. The molecule has 3 atom stereocenters. The van der Waals surface area contributed by atoms with Crippen molar-refractivity contribution < 1.29 is 9.84 Å². The summed E-state index contributed by atoms with van der Waals surface area (Å²) in [5.41, 5.74) is 0.321. The Morgan fingerprint density at radius 2 is 2.24 bits per heavy atom. The van der Waals surface area contributed by atoms with Crippen LogP contribution in [0.1, 0.15) is 46.5 Å². The second-order valence-corrected chi connectivity index (χ2v) is 8.02. The first-order chi connectivity index (χ1) is 7.90. The van der Waals surface area contributed by atoms with Crippen molar-refractivity contribution in [2.24, 2.45) is 11.3 Å². The molecule has 3 unspecified atom stereocenters. The second kappa shape index (κ2) is 5.10. The van der Waals surface area contributed by atoms with Crippen molar-refractivity contribution >= 4 is 11.8 Å². The van der Waals surface area contributed by atoms with Crippen molar-refractivity contribution in [3.63, 3.8) is 0 Å². The fraction of sp³-hybridized carbons (Fsp3) is 1.00. The number of thioether (sulfide) groups is 1. The van der Waals surface area contributed by atoms with Gasteiger partial charge in [0.15, 0.2) is 0 Å². The third kappa shape index (κ3) is 3.62. The Balaban J connectivity index is 1.92. The molecule has 2 nitrogen and oxygen atoms in total. The Hall–Kier alpha value is 0.270. The summed E-state index contributed by atoms with van der Waals surface area (Å²) in [7, 11) is 0. The highest BCUT2D eigenvalue weighted by molar-refractivity contribution is 7.99. The number of ether oxygens (including phenoxy) is 1. The third-order valence-corrected chi connectivity index (χ3v) is 5.19. The molecule has 0 aromatic rings. The minimum Gasteiger partial charge on any atom is -0.393 e. The van der Waals surface area contributed by atoms with E-state index in [0.29, 0.717) is 5.92 Å². The third-order valence-electron chi connectivity index (χ3n) is 3.96. The van der Waals surface area contributed by atoms with Crippen LogP contribution in [0.2, 0.25) is 0 Å². The lowest BCUT2D eigenvalue weighted by Gasteiger charge is -2.40. The molecule has 2 rings (SSSR count). The van der Waals surface area contributed by atoms with Gasteiger partial charge in [-0.3, -0.25) is 0 Å². The van der Waals surface area contributed by atoms with Gasteiger partial charge in [-0.15, -0.1) is 0 Å². The minimum atomic E-state index is -0.152. The van der Waals surface area contributed by atoms with Crippen molar-refractivity contribution in [1.29, 1.82) is 0 Å². The second-order valence-electron chi connectivity index (χ2n) is 6.92. The Bertz CT molecular complexity index is 253. The summed E-state index contributed by atoms with van der Waals surface area (Å²) in [5, 5.41) is 10.4. The van der Waals surface area contributed by atoms with Gasteiger partial charge in [-0.2, -0.15) is 11.8 Å². The van der Waals surface area contributed by atoms with Crippen molar-refractivity contribution in [2.45, 2.75) is 58.2 Å². The molecule has 1 spiro atoms. The van der Waals surface area contributed by atoms with Crippen LogP contribution in [0, 0.1) is 11.3 Å². The maximum absolute atomic E-state index is 10.4. The van der Waals surface area contributed by atoms with E-state index in [-0.39, 0.29) is 17.1 Å². The highest BCUT2D eigenvalue weighted by Gasteiger charge is 2.42. The minimum absolute atomic E-state index is 0.104. The van der Waals surface area contributed by atoms with Crippen LogP contribution in [0.3, 0.4) is 0 Å². The van der Waals surface area contributed by atoms with Crippen LogP contribution in [-0.4, -0.2) is 34.9 Å². The van der Waals surface area contributed by atoms with Crippen molar-refractivity contribution in [3.05, 3.63) is 0 Å². The fourth-order valence-corrected chi connectivity index (χ4v) is 4.43. The zero-order chi connectivity index (χ0) is 12.5. The van der Waals surface area contributed by atoms with Gasteiger partial charge in [0.2, 0.25) is 0 Å². The molecule has 100 valence electrons. The maximum atomic E-state index is 10.4. The first kappa shape index (κ1) is 13.7. The van der Waals surface area contributed by atoms with Gasteiger partial charge in [0, 0.05) is 12.4 Å². The highest BCUT2D eigenvalue weighted by Crippen LogP contribution is 2.42. The predicted molar refractivity (Wildman–Crippen MR) is 73.4 cm³/mol. The van der Waals surface area contributed by atoms with E-state index in [4.69, 9.17) is 4.74 Å². The summed E-state index contributed by atoms with van der Waals surface area (Å²) in [6.45, 7) is 7.45.